The molecule has 6 heteroatoms. The number of amides is 1. The number of halogens is 2. The van der Waals surface area contributed by atoms with Gasteiger partial charge in [-0.2, -0.15) is 11.8 Å². The first-order chi connectivity index (χ1) is 8.66. The van der Waals surface area contributed by atoms with E-state index in [-0.39, 0.29) is 17.8 Å². The van der Waals surface area contributed by atoms with Crippen molar-refractivity contribution in [2.45, 2.75) is 12.6 Å². The molecule has 0 aromatic heterocycles. The Morgan fingerprint density at radius 2 is 2.44 bits per heavy atom. The van der Waals surface area contributed by atoms with Gasteiger partial charge in [-0.1, -0.05) is 15.9 Å². The molecule has 1 unspecified atom stereocenters. The average Bonchev–Trinajstić information content (AvgIpc) is 2.40. The average molecular weight is 333 g/mol. The van der Waals surface area contributed by atoms with E-state index in [0.29, 0.717) is 6.54 Å². The third-order valence-electron chi connectivity index (χ3n) is 2.70. The van der Waals surface area contributed by atoms with Crippen LogP contribution in [0.25, 0.3) is 0 Å². The molecule has 0 bridgehead atoms. The van der Waals surface area contributed by atoms with Gasteiger partial charge >= 0.3 is 0 Å². The van der Waals surface area contributed by atoms with Crippen molar-refractivity contribution < 1.29 is 9.18 Å². The van der Waals surface area contributed by atoms with Crippen LogP contribution in [-0.2, 0) is 11.3 Å². The topological polar surface area (TPSA) is 41.1 Å². The second-order valence-corrected chi connectivity index (χ2v) is 6.04. The van der Waals surface area contributed by atoms with E-state index < -0.39 is 0 Å². The molecule has 3 nitrogen and oxygen atoms in total. The van der Waals surface area contributed by atoms with Crippen LogP contribution in [0.15, 0.2) is 22.7 Å². The van der Waals surface area contributed by atoms with Gasteiger partial charge in [0.2, 0.25) is 5.91 Å². The Morgan fingerprint density at radius 3 is 3.17 bits per heavy atom. The molecule has 1 saturated heterocycles. The lowest BCUT2D eigenvalue weighted by Crippen LogP contribution is -2.48. The summed E-state index contributed by atoms with van der Waals surface area (Å²) in [6.45, 7) is 1.19. The molecule has 1 aliphatic rings. The lowest BCUT2D eigenvalue weighted by atomic mass is 10.2. The molecule has 1 fully saturated rings. The molecule has 1 aromatic rings. The van der Waals surface area contributed by atoms with Crippen LogP contribution >= 0.6 is 27.7 Å². The maximum Gasteiger partial charge on any atom is 0.238 e. The van der Waals surface area contributed by atoms with E-state index >= 15 is 0 Å². The quantitative estimate of drug-likeness (QED) is 0.888. The third-order valence-corrected chi connectivity index (χ3v) is 4.53. The highest BCUT2D eigenvalue weighted by molar-refractivity contribution is 9.10. The maximum atomic E-state index is 13.1. The van der Waals surface area contributed by atoms with Gasteiger partial charge < -0.3 is 10.6 Å². The first-order valence-electron chi connectivity index (χ1n) is 5.69. The summed E-state index contributed by atoms with van der Waals surface area (Å²) in [6, 6.07) is 4.31. The van der Waals surface area contributed by atoms with Crippen molar-refractivity contribution in [1.82, 2.24) is 10.6 Å². The van der Waals surface area contributed by atoms with Crippen molar-refractivity contribution in [1.29, 1.82) is 0 Å². The Balaban J connectivity index is 1.90. The molecule has 18 heavy (non-hydrogen) atoms. The van der Waals surface area contributed by atoms with Crippen molar-refractivity contribution in [2.75, 3.05) is 18.1 Å². The van der Waals surface area contributed by atoms with Crippen LogP contribution in [0, 0.1) is 5.82 Å². The molecule has 0 spiro atoms. The highest BCUT2D eigenvalue weighted by Gasteiger charge is 2.20. The fraction of sp³-hybridized carbons (Fsp3) is 0.417. The minimum absolute atomic E-state index is 0.0293. The molecule has 1 aliphatic heterocycles. The summed E-state index contributed by atoms with van der Waals surface area (Å²) in [6.07, 6.45) is 0. The Labute approximate surface area is 118 Å². The lowest BCUT2D eigenvalue weighted by Gasteiger charge is -2.22. The summed E-state index contributed by atoms with van der Waals surface area (Å²) in [5, 5.41) is 5.99. The van der Waals surface area contributed by atoms with E-state index in [1.165, 1.54) is 12.1 Å². The fourth-order valence-corrected chi connectivity index (χ4v) is 3.04. The number of thioether (sulfide) groups is 1. The fourth-order valence-electron chi connectivity index (χ4n) is 1.72. The second kappa shape index (κ2) is 6.54. The summed E-state index contributed by atoms with van der Waals surface area (Å²) in [5.41, 5.74) is 0.742. The van der Waals surface area contributed by atoms with Gasteiger partial charge in [-0.3, -0.25) is 4.79 Å². The Hall–Kier alpha value is -0.590. The zero-order chi connectivity index (χ0) is 13.0. The highest BCUT2D eigenvalue weighted by atomic mass is 79.9. The number of hydrogen-bond donors (Lipinski definition) is 2. The first-order valence-corrected chi connectivity index (χ1v) is 7.64. The predicted octanol–water partition coefficient (Wildman–Crippen LogP) is 1.91. The van der Waals surface area contributed by atoms with Crippen LogP contribution < -0.4 is 10.6 Å². The molecule has 1 aromatic carbocycles. The van der Waals surface area contributed by atoms with Crippen LogP contribution in [-0.4, -0.2) is 30.0 Å². The molecule has 1 atom stereocenters. The number of benzene rings is 1. The molecule has 0 aliphatic carbocycles. The monoisotopic (exact) mass is 332 g/mol. The molecular weight excluding hydrogens is 319 g/mol. The summed E-state index contributed by atoms with van der Waals surface area (Å²) in [4.78, 5) is 11.9. The van der Waals surface area contributed by atoms with E-state index in [0.717, 1.165) is 28.1 Å². The number of carbonyl (C=O) groups is 1. The Bertz CT molecular complexity index is 438. The van der Waals surface area contributed by atoms with Crippen molar-refractivity contribution in [3.05, 3.63) is 34.1 Å². The van der Waals surface area contributed by atoms with Gasteiger partial charge in [-0.25, -0.2) is 4.39 Å². The third kappa shape index (κ3) is 3.70. The first kappa shape index (κ1) is 13.8. The van der Waals surface area contributed by atoms with Crippen LogP contribution in [0.4, 0.5) is 4.39 Å². The highest BCUT2D eigenvalue weighted by Crippen LogP contribution is 2.17. The van der Waals surface area contributed by atoms with E-state index in [1.807, 2.05) is 0 Å². The van der Waals surface area contributed by atoms with Gasteiger partial charge in [-0.15, -0.1) is 0 Å². The summed E-state index contributed by atoms with van der Waals surface area (Å²) in [5.74, 6) is 1.50. The lowest BCUT2D eigenvalue weighted by molar-refractivity contribution is -0.122. The Morgan fingerprint density at radius 1 is 1.61 bits per heavy atom. The van der Waals surface area contributed by atoms with Gasteiger partial charge in [0.1, 0.15) is 5.82 Å². The summed E-state index contributed by atoms with van der Waals surface area (Å²) in [7, 11) is 0. The number of nitrogens with one attached hydrogen (secondary N) is 2. The van der Waals surface area contributed by atoms with Crippen molar-refractivity contribution in [2.24, 2.45) is 0 Å². The van der Waals surface area contributed by atoms with Crippen molar-refractivity contribution in [3.63, 3.8) is 0 Å². The van der Waals surface area contributed by atoms with E-state index in [1.54, 1.807) is 17.8 Å². The normalized spacial score (nSPS) is 19.6. The molecule has 0 radical (unpaired) electrons. The molecule has 0 saturated carbocycles. The standard InChI is InChI=1S/C12H14BrFN2OS/c13-10-2-1-9(14)5-8(10)6-16-12(17)11-7-18-4-3-15-11/h1-2,5,11,15H,3-4,6-7H2,(H,16,17). The zero-order valence-corrected chi connectivity index (χ0v) is 12.1. The SMILES string of the molecule is O=C(NCc1cc(F)ccc1Br)C1CSCCN1. The van der Waals surface area contributed by atoms with Gasteiger partial charge in [0.15, 0.2) is 0 Å². The van der Waals surface area contributed by atoms with Crippen LogP contribution in [0.2, 0.25) is 0 Å². The van der Waals surface area contributed by atoms with Crippen LogP contribution in [0.1, 0.15) is 5.56 Å². The summed E-state index contributed by atoms with van der Waals surface area (Å²) >= 11 is 5.10. The minimum Gasteiger partial charge on any atom is -0.351 e. The molecule has 1 amide bonds. The van der Waals surface area contributed by atoms with E-state index in [2.05, 4.69) is 26.6 Å². The Kier molecular flexibility index (Phi) is 5.03. The number of carbonyl (C=O) groups excluding carboxylic acids is 1. The van der Waals surface area contributed by atoms with Gasteiger partial charge in [-0.05, 0) is 23.8 Å². The smallest absolute Gasteiger partial charge is 0.238 e. The maximum absolute atomic E-state index is 13.1. The van der Waals surface area contributed by atoms with Crippen molar-refractivity contribution >= 4 is 33.6 Å². The van der Waals surface area contributed by atoms with E-state index in [4.69, 9.17) is 0 Å². The molecule has 2 N–H and O–H groups in total. The van der Waals surface area contributed by atoms with Crippen molar-refractivity contribution in [3.8, 4) is 0 Å². The predicted molar refractivity (Wildman–Crippen MR) is 75.1 cm³/mol. The molecule has 98 valence electrons. The molecule has 1 heterocycles. The van der Waals surface area contributed by atoms with Gasteiger partial charge in [0.05, 0.1) is 6.04 Å². The number of hydrogen-bond acceptors (Lipinski definition) is 3. The number of rotatable bonds is 3. The molecule has 2 rings (SSSR count). The second-order valence-electron chi connectivity index (χ2n) is 4.04. The zero-order valence-electron chi connectivity index (χ0n) is 9.71. The largest absolute Gasteiger partial charge is 0.351 e. The van der Waals surface area contributed by atoms with E-state index in [9.17, 15) is 9.18 Å². The van der Waals surface area contributed by atoms with Gasteiger partial charge in [0.25, 0.3) is 0 Å². The summed E-state index contributed by atoms with van der Waals surface area (Å²) < 4.78 is 13.9. The van der Waals surface area contributed by atoms with Gasteiger partial charge in [0, 0.05) is 29.1 Å². The molecular formula is C12H14BrFN2OS. The van der Waals surface area contributed by atoms with Crippen LogP contribution in [0.5, 0.6) is 0 Å². The van der Waals surface area contributed by atoms with Crippen LogP contribution in [0.3, 0.4) is 0 Å². The minimum atomic E-state index is -0.297.